The molecule has 33 heavy (non-hydrogen) atoms. The van der Waals surface area contributed by atoms with Gasteiger partial charge in [0.1, 0.15) is 5.75 Å². The van der Waals surface area contributed by atoms with Gasteiger partial charge >= 0.3 is 6.18 Å². The van der Waals surface area contributed by atoms with E-state index in [-0.39, 0.29) is 23.1 Å². The molecule has 2 saturated heterocycles. The number of ether oxygens (including phenoxy) is 1. The van der Waals surface area contributed by atoms with E-state index in [1.54, 1.807) is 17.0 Å². The van der Waals surface area contributed by atoms with Crippen LogP contribution in [-0.4, -0.2) is 58.8 Å². The molecule has 1 aromatic carbocycles. The van der Waals surface area contributed by atoms with Gasteiger partial charge in [-0.3, -0.25) is 9.59 Å². The molecule has 1 aromatic rings. The monoisotopic (exact) mass is 466 g/mol. The van der Waals surface area contributed by atoms with Crippen molar-refractivity contribution in [3.63, 3.8) is 0 Å². The molecule has 180 valence electrons. The Morgan fingerprint density at radius 3 is 2.21 bits per heavy atom. The molecule has 2 aliphatic carbocycles. The van der Waals surface area contributed by atoms with Crippen molar-refractivity contribution in [2.24, 2.45) is 5.41 Å². The highest BCUT2D eigenvalue weighted by Gasteiger charge is 2.57. The van der Waals surface area contributed by atoms with Crippen LogP contribution < -0.4 is 9.64 Å². The van der Waals surface area contributed by atoms with Gasteiger partial charge in [0.15, 0.2) is 6.61 Å². The number of amides is 2. The van der Waals surface area contributed by atoms with Crippen molar-refractivity contribution >= 4 is 17.5 Å². The predicted octanol–water partition coefficient (Wildman–Crippen LogP) is 3.81. The van der Waals surface area contributed by atoms with Crippen molar-refractivity contribution in [2.75, 3.05) is 24.6 Å². The lowest BCUT2D eigenvalue weighted by molar-refractivity contribution is -0.153. The lowest BCUT2D eigenvalue weighted by Crippen LogP contribution is -2.51. The number of rotatable bonds is 5. The summed E-state index contributed by atoms with van der Waals surface area (Å²) in [6.07, 6.45) is 1.88. The van der Waals surface area contributed by atoms with Gasteiger partial charge in [-0.1, -0.05) is 0 Å². The molecule has 5 rings (SSSR count). The van der Waals surface area contributed by atoms with Gasteiger partial charge in [-0.25, -0.2) is 0 Å². The summed E-state index contributed by atoms with van der Waals surface area (Å²) in [7, 11) is 0. The minimum atomic E-state index is -4.40. The Labute approximate surface area is 190 Å². The van der Waals surface area contributed by atoms with E-state index < -0.39 is 23.8 Å². The molecule has 2 heterocycles. The van der Waals surface area contributed by atoms with E-state index in [4.69, 9.17) is 4.74 Å². The van der Waals surface area contributed by atoms with E-state index in [1.807, 2.05) is 4.90 Å². The fourth-order valence-electron chi connectivity index (χ4n) is 5.86. The maximum absolute atomic E-state index is 13.3. The van der Waals surface area contributed by atoms with Crippen molar-refractivity contribution in [2.45, 2.75) is 75.1 Å². The third-order valence-corrected chi connectivity index (χ3v) is 8.16. The first-order chi connectivity index (χ1) is 15.5. The van der Waals surface area contributed by atoms with Gasteiger partial charge in [0, 0.05) is 30.7 Å². The smallest absolute Gasteiger partial charge is 0.422 e. The zero-order valence-electron chi connectivity index (χ0n) is 18.5. The molecule has 4 fully saturated rings. The quantitative estimate of drug-likeness (QED) is 0.717. The second-order valence-corrected chi connectivity index (χ2v) is 10.3. The zero-order valence-corrected chi connectivity index (χ0v) is 18.5. The Morgan fingerprint density at radius 1 is 0.939 bits per heavy atom. The molecule has 0 radical (unpaired) electrons. The molecule has 2 spiro atoms. The summed E-state index contributed by atoms with van der Waals surface area (Å²) in [6.45, 7) is -0.460. The fourth-order valence-corrected chi connectivity index (χ4v) is 5.86. The van der Waals surface area contributed by atoms with Crippen molar-refractivity contribution in [3.05, 3.63) is 24.3 Å². The lowest BCUT2D eigenvalue weighted by atomic mass is 9.67. The van der Waals surface area contributed by atoms with E-state index in [0.717, 1.165) is 19.3 Å². The normalized spacial score (nSPS) is 31.2. The third kappa shape index (κ3) is 4.20. The number of likely N-dealkylation sites (tertiary alicyclic amines) is 1. The Kier molecular flexibility index (Phi) is 5.19. The number of carbonyl (C=O) groups is 2. The van der Waals surface area contributed by atoms with Gasteiger partial charge < -0.3 is 19.6 Å². The molecule has 4 aliphatic rings. The fraction of sp³-hybridized carbons (Fsp3) is 0.667. The van der Waals surface area contributed by atoms with Crippen LogP contribution in [0.3, 0.4) is 0 Å². The first kappa shape index (κ1) is 22.5. The number of benzene rings is 1. The van der Waals surface area contributed by atoms with Crippen LogP contribution in [0.5, 0.6) is 5.75 Å². The Balaban J connectivity index is 1.20. The minimum absolute atomic E-state index is 0.00409. The van der Waals surface area contributed by atoms with Gasteiger partial charge in [0.2, 0.25) is 11.8 Å². The summed E-state index contributed by atoms with van der Waals surface area (Å²) in [4.78, 5) is 29.3. The molecule has 6 nitrogen and oxygen atoms in total. The number of β-amino-alcohol motifs (C(OH)–C–C–N with tert-alkyl or cyclic N) is 1. The molecule has 0 bridgehead atoms. The molecule has 0 atom stereocenters. The predicted molar refractivity (Wildman–Crippen MR) is 114 cm³/mol. The Bertz CT molecular complexity index is 934. The highest BCUT2D eigenvalue weighted by atomic mass is 19.4. The number of hydrogen-bond donors (Lipinski definition) is 1. The van der Waals surface area contributed by atoms with Crippen LogP contribution in [0.2, 0.25) is 0 Å². The average molecular weight is 467 g/mol. The maximum atomic E-state index is 13.3. The molecule has 2 saturated carbocycles. The minimum Gasteiger partial charge on any atom is -0.484 e. The largest absolute Gasteiger partial charge is 0.484 e. The Hall–Kier alpha value is -2.29. The van der Waals surface area contributed by atoms with Crippen molar-refractivity contribution < 1.29 is 32.6 Å². The standard InChI is InChI=1S/C24H29F3N2O4/c25-24(26,27)16-33-18-3-1-17(2-4-18)28-14-13-21(20(28)31)7-11-23(32,12-8-21)15-29-19(30)5-6-22(29)9-10-22/h1-4,32H,5-16H2/t21-,23+. The van der Waals surface area contributed by atoms with E-state index in [1.165, 1.54) is 12.1 Å². The number of aliphatic hydroxyl groups is 1. The van der Waals surface area contributed by atoms with Crippen LogP contribution in [0.1, 0.15) is 57.8 Å². The molecular weight excluding hydrogens is 437 g/mol. The highest BCUT2D eigenvalue weighted by Crippen LogP contribution is 2.53. The molecule has 0 unspecified atom stereocenters. The number of hydrogen-bond acceptors (Lipinski definition) is 4. The van der Waals surface area contributed by atoms with E-state index >= 15 is 0 Å². The van der Waals surface area contributed by atoms with E-state index in [0.29, 0.717) is 57.3 Å². The van der Waals surface area contributed by atoms with Crippen molar-refractivity contribution in [3.8, 4) is 5.75 Å². The van der Waals surface area contributed by atoms with Gasteiger partial charge in [-0.2, -0.15) is 13.2 Å². The topological polar surface area (TPSA) is 70.1 Å². The zero-order chi connectivity index (χ0) is 23.5. The van der Waals surface area contributed by atoms with Crippen LogP contribution >= 0.6 is 0 Å². The summed E-state index contributed by atoms with van der Waals surface area (Å²) in [5.41, 5.74) is -0.858. The molecular formula is C24H29F3N2O4. The number of halogens is 3. The number of carbonyl (C=O) groups excluding carboxylic acids is 2. The van der Waals surface area contributed by atoms with Gasteiger partial charge in [-0.15, -0.1) is 0 Å². The second kappa shape index (κ2) is 7.61. The molecule has 2 aliphatic heterocycles. The summed E-state index contributed by atoms with van der Waals surface area (Å²) in [6, 6.07) is 6.10. The van der Waals surface area contributed by atoms with E-state index in [9.17, 15) is 27.9 Å². The molecule has 9 heteroatoms. The maximum Gasteiger partial charge on any atom is 0.422 e. The van der Waals surface area contributed by atoms with Crippen LogP contribution in [0.15, 0.2) is 24.3 Å². The van der Waals surface area contributed by atoms with Gasteiger partial charge in [0.05, 0.1) is 11.0 Å². The van der Waals surface area contributed by atoms with Gasteiger partial charge in [0.25, 0.3) is 0 Å². The third-order valence-electron chi connectivity index (χ3n) is 8.16. The Morgan fingerprint density at radius 2 is 1.61 bits per heavy atom. The first-order valence-electron chi connectivity index (χ1n) is 11.7. The van der Waals surface area contributed by atoms with E-state index in [2.05, 4.69) is 0 Å². The van der Waals surface area contributed by atoms with Crippen LogP contribution in [-0.2, 0) is 9.59 Å². The number of nitrogens with zero attached hydrogens (tertiary/aromatic N) is 2. The van der Waals surface area contributed by atoms with Crippen LogP contribution in [0.25, 0.3) is 0 Å². The molecule has 2 amide bonds. The highest BCUT2D eigenvalue weighted by molar-refractivity contribution is 6.00. The summed E-state index contributed by atoms with van der Waals surface area (Å²) in [5.74, 6) is 0.237. The average Bonchev–Trinajstić information content (AvgIpc) is 3.42. The SMILES string of the molecule is O=C1CCC2(CC2)N1C[C@]1(O)CC[C@]2(CCN(c3ccc(OCC(F)(F)F)cc3)C2=O)CC1. The summed E-state index contributed by atoms with van der Waals surface area (Å²) < 4.78 is 41.7. The van der Waals surface area contributed by atoms with Gasteiger partial charge in [-0.05, 0) is 75.6 Å². The summed E-state index contributed by atoms with van der Waals surface area (Å²) >= 11 is 0. The molecule has 1 N–H and O–H groups in total. The van der Waals surface area contributed by atoms with Crippen molar-refractivity contribution in [1.29, 1.82) is 0 Å². The van der Waals surface area contributed by atoms with Crippen LogP contribution in [0.4, 0.5) is 18.9 Å². The van der Waals surface area contributed by atoms with Crippen molar-refractivity contribution in [1.82, 2.24) is 4.90 Å². The number of anilines is 1. The molecule has 0 aromatic heterocycles. The second-order valence-electron chi connectivity index (χ2n) is 10.3. The van der Waals surface area contributed by atoms with Crippen LogP contribution in [0, 0.1) is 5.41 Å². The first-order valence-corrected chi connectivity index (χ1v) is 11.7. The number of alkyl halides is 3. The lowest BCUT2D eigenvalue weighted by Gasteiger charge is -2.43. The summed E-state index contributed by atoms with van der Waals surface area (Å²) in [5, 5.41) is 11.2.